The van der Waals surface area contributed by atoms with Crippen molar-refractivity contribution in [3.8, 4) is 0 Å². The Hall–Kier alpha value is -2.02. The number of aromatic nitrogens is 3. The predicted octanol–water partition coefficient (Wildman–Crippen LogP) is 3.37. The van der Waals surface area contributed by atoms with Gasteiger partial charge in [0.15, 0.2) is 0 Å². The van der Waals surface area contributed by atoms with Crippen molar-refractivity contribution in [2.75, 3.05) is 17.2 Å². The van der Waals surface area contributed by atoms with E-state index < -0.39 is 11.6 Å². The van der Waals surface area contributed by atoms with Crippen LogP contribution in [0.4, 0.5) is 26.4 Å². The Labute approximate surface area is 119 Å². The summed E-state index contributed by atoms with van der Waals surface area (Å²) in [6.45, 7) is 2.64. The normalized spacial score (nSPS) is 10.4. The molecule has 1 heterocycles. The van der Waals surface area contributed by atoms with Gasteiger partial charge in [-0.05, 0) is 30.2 Å². The lowest BCUT2D eigenvalue weighted by Crippen LogP contribution is -2.08. The highest BCUT2D eigenvalue weighted by Gasteiger charge is 2.08. The minimum absolute atomic E-state index is 0.0353. The van der Waals surface area contributed by atoms with Gasteiger partial charge in [0, 0.05) is 12.6 Å². The highest BCUT2D eigenvalue weighted by atomic mass is 35.5. The summed E-state index contributed by atoms with van der Waals surface area (Å²) >= 11 is 5.76. The molecule has 20 heavy (non-hydrogen) atoms. The molecule has 0 unspecified atom stereocenters. The van der Waals surface area contributed by atoms with E-state index in [9.17, 15) is 8.78 Å². The first-order chi connectivity index (χ1) is 9.58. The van der Waals surface area contributed by atoms with E-state index in [1.807, 2.05) is 6.92 Å². The summed E-state index contributed by atoms with van der Waals surface area (Å²) in [7, 11) is 0. The molecule has 0 radical (unpaired) electrons. The molecule has 2 rings (SSSR count). The van der Waals surface area contributed by atoms with Gasteiger partial charge in [-0.2, -0.15) is 15.0 Å². The SMILES string of the molecule is CCCNc1nc(Cl)nc(Nc2cc(F)ccc2F)n1. The maximum atomic E-state index is 13.5. The Kier molecular flexibility index (Phi) is 4.62. The van der Waals surface area contributed by atoms with E-state index in [0.29, 0.717) is 6.54 Å². The average molecular weight is 300 g/mol. The quantitative estimate of drug-likeness (QED) is 0.886. The number of benzene rings is 1. The topological polar surface area (TPSA) is 62.7 Å². The Morgan fingerprint density at radius 3 is 2.65 bits per heavy atom. The summed E-state index contributed by atoms with van der Waals surface area (Å²) in [6, 6.07) is 3.04. The molecule has 2 aromatic rings. The second-order valence-corrected chi connectivity index (χ2v) is 4.27. The van der Waals surface area contributed by atoms with Gasteiger partial charge >= 0.3 is 0 Å². The van der Waals surface area contributed by atoms with Crippen molar-refractivity contribution in [1.82, 2.24) is 15.0 Å². The molecule has 8 heteroatoms. The number of nitrogens with zero attached hydrogens (tertiary/aromatic N) is 3. The first-order valence-corrected chi connectivity index (χ1v) is 6.34. The van der Waals surface area contributed by atoms with Crippen LogP contribution in [0.3, 0.4) is 0 Å². The van der Waals surface area contributed by atoms with Crippen LogP contribution in [0.25, 0.3) is 0 Å². The summed E-state index contributed by atoms with van der Waals surface area (Å²) < 4.78 is 26.6. The molecular formula is C12H12ClF2N5. The van der Waals surface area contributed by atoms with Crippen LogP contribution in [0.15, 0.2) is 18.2 Å². The molecule has 0 saturated carbocycles. The Balaban J connectivity index is 2.24. The molecule has 0 aliphatic heterocycles. The third-order valence-electron chi connectivity index (χ3n) is 2.32. The van der Waals surface area contributed by atoms with Crippen LogP contribution in [0.5, 0.6) is 0 Å². The van der Waals surface area contributed by atoms with Crippen LogP contribution in [0.2, 0.25) is 5.28 Å². The van der Waals surface area contributed by atoms with Gasteiger partial charge in [0.05, 0.1) is 5.69 Å². The summed E-state index contributed by atoms with van der Waals surface area (Å²) in [6.07, 6.45) is 0.880. The van der Waals surface area contributed by atoms with Crippen molar-refractivity contribution in [1.29, 1.82) is 0 Å². The summed E-state index contributed by atoms with van der Waals surface area (Å²) in [5.74, 6) is -0.886. The van der Waals surface area contributed by atoms with Crippen molar-refractivity contribution in [2.24, 2.45) is 0 Å². The Bertz CT molecular complexity index is 608. The lowest BCUT2D eigenvalue weighted by molar-refractivity contribution is 0.603. The van der Waals surface area contributed by atoms with Crippen LogP contribution in [0, 0.1) is 11.6 Å². The van der Waals surface area contributed by atoms with Crippen LogP contribution < -0.4 is 10.6 Å². The Morgan fingerprint density at radius 2 is 1.90 bits per heavy atom. The van der Waals surface area contributed by atoms with Crippen molar-refractivity contribution in [3.05, 3.63) is 35.1 Å². The molecule has 0 atom stereocenters. The molecular weight excluding hydrogens is 288 g/mol. The van der Waals surface area contributed by atoms with Crippen molar-refractivity contribution < 1.29 is 8.78 Å². The monoisotopic (exact) mass is 299 g/mol. The molecule has 1 aromatic heterocycles. The van der Waals surface area contributed by atoms with Gasteiger partial charge in [0.25, 0.3) is 0 Å². The number of rotatable bonds is 5. The van der Waals surface area contributed by atoms with Crippen LogP contribution in [-0.2, 0) is 0 Å². The molecule has 0 bridgehead atoms. The van der Waals surface area contributed by atoms with E-state index in [-0.39, 0.29) is 22.9 Å². The van der Waals surface area contributed by atoms with Gasteiger partial charge in [-0.1, -0.05) is 6.92 Å². The number of hydrogen-bond acceptors (Lipinski definition) is 5. The van der Waals surface area contributed by atoms with Gasteiger partial charge < -0.3 is 10.6 Å². The van der Waals surface area contributed by atoms with E-state index >= 15 is 0 Å². The zero-order valence-corrected chi connectivity index (χ0v) is 11.4. The molecule has 0 spiro atoms. The van der Waals surface area contributed by atoms with Crippen LogP contribution in [0.1, 0.15) is 13.3 Å². The molecule has 0 aliphatic carbocycles. The maximum absolute atomic E-state index is 13.5. The van der Waals surface area contributed by atoms with Gasteiger partial charge in [0.2, 0.25) is 17.2 Å². The van der Waals surface area contributed by atoms with E-state index in [1.54, 1.807) is 0 Å². The molecule has 0 amide bonds. The van der Waals surface area contributed by atoms with E-state index in [1.165, 1.54) is 0 Å². The summed E-state index contributed by atoms with van der Waals surface area (Å²) in [4.78, 5) is 11.7. The van der Waals surface area contributed by atoms with E-state index in [0.717, 1.165) is 24.6 Å². The fraction of sp³-hybridized carbons (Fsp3) is 0.250. The second-order valence-electron chi connectivity index (χ2n) is 3.93. The van der Waals surface area contributed by atoms with Gasteiger partial charge in [0.1, 0.15) is 11.6 Å². The predicted molar refractivity (Wildman–Crippen MR) is 73.3 cm³/mol. The highest BCUT2D eigenvalue weighted by molar-refractivity contribution is 6.28. The summed E-state index contributed by atoms with van der Waals surface area (Å²) in [5.41, 5.74) is -0.0753. The number of nitrogens with one attached hydrogen (secondary N) is 2. The molecule has 0 aliphatic rings. The maximum Gasteiger partial charge on any atom is 0.233 e. The molecule has 0 saturated heterocycles. The number of halogens is 3. The fourth-order valence-corrected chi connectivity index (χ4v) is 1.60. The standard InChI is InChI=1S/C12H12ClF2N5/c1-2-5-16-11-18-10(13)19-12(20-11)17-9-6-7(14)3-4-8(9)15/h3-4,6H,2,5H2,1H3,(H2,16,17,18,19,20). The van der Waals surface area contributed by atoms with Crippen LogP contribution in [-0.4, -0.2) is 21.5 Å². The molecule has 2 N–H and O–H groups in total. The second kappa shape index (κ2) is 6.42. The average Bonchev–Trinajstić information content (AvgIpc) is 2.40. The van der Waals surface area contributed by atoms with E-state index in [2.05, 4.69) is 25.6 Å². The molecule has 1 aromatic carbocycles. The van der Waals surface area contributed by atoms with Crippen molar-refractivity contribution in [3.63, 3.8) is 0 Å². The highest BCUT2D eigenvalue weighted by Crippen LogP contribution is 2.20. The zero-order valence-electron chi connectivity index (χ0n) is 10.6. The van der Waals surface area contributed by atoms with E-state index in [4.69, 9.17) is 11.6 Å². The van der Waals surface area contributed by atoms with Gasteiger partial charge in [-0.15, -0.1) is 0 Å². The number of anilines is 3. The van der Waals surface area contributed by atoms with Crippen molar-refractivity contribution >= 4 is 29.2 Å². The fourth-order valence-electron chi connectivity index (χ4n) is 1.44. The molecule has 0 fully saturated rings. The molecule has 5 nitrogen and oxygen atoms in total. The third kappa shape index (κ3) is 3.74. The first kappa shape index (κ1) is 14.4. The Morgan fingerprint density at radius 1 is 1.15 bits per heavy atom. The minimum atomic E-state index is -0.619. The van der Waals surface area contributed by atoms with Gasteiger partial charge in [-0.3, -0.25) is 0 Å². The minimum Gasteiger partial charge on any atom is -0.354 e. The first-order valence-electron chi connectivity index (χ1n) is 5.96. The largest absolute Gasteiger partial charge is 0.354 e. The number of hydrogen-bond donors (Lipinski definition) is 2. The van der Waals surface area contributed by atoms with Gasteiger partial charge in [-0.25, -0.2) is 8.78 Å². The molecule has 106 valence electrons. The van der Waals surface area contributed by atoms with Crippen LogP contribution >= 0.6 is 11.6 Å². The third-order valence-corrected chi connectivity index (χ3v) is 2.49. The zero-order chi connectivity index (χ0) is 14.5. The van der Waals surface area contributed by atoms with Crippen molar-refractivity contribution in [2.45, 2.75) is 13.3 Å². The summed E-state index contributed by atoms with van der Waals surface area (Å²) in [5, 5.41) is 5.46. The lowest BCUT2D eigenvalue weighted by atomic mass is 10.3. The smallest absolute Gasteiger partial charge is 0.233 e. The lowest BCUT2D eigenvalue weighted by Gasteiger charge is -2.08.